The molecular weight excluding hydrogens is 544 g/mol. The van der Waals surface area contributed by atoms with Crippen LogP contribution in [0.15, 0.2) is 30.5 Å². The number of carbonyl (C=O) groups is 2. The fourth-order valence-electron chi connectivity index (χ4n) is 5.51. The minimum atomic E-state index is -3.14. The van der Waals surface area contributed by atoms with Crippen LogP contribution in [0.1, 0.15) is 23.2 Å². The van der Waals surface area contributed by atoms with Gasteiger partial charge in [-0.2, -0.15) is 5.26 Å². The van der Waals surface area contributed by atoms with E-state index in [4.69, 9.17) is 10.00 Å². The van der Waals surface area contributed by atoms with E-state index < -0.39 is 56.6 Å². The van der Waals surface area contributed by atoms with Crippen molar-refractivity contribution in [3.05, 3.63) is 36.0 Å². The lowest BCUT2D eigenvalue weighted by Crippen LogP contribution is -2.61. The molecule has 0 aliphatic carbocycles. The minimum absolute atomic E-state index is 0.244. The number of carbonyl (C=O) groups excluding carboxylic acids is 2. The average molecular weight is 580 g/mol. The van der Waals surface area contributed by atoms with Crippen LogP contribution in [0.4, 0.5) is 17.6 Å². The number of halogens is 4. The molecule has 2 saturated heterocycles. The quantitative estimate of drug-likeness (QED) is 0.236. The predicted molar refractivity (Wildman–Crippen MR) is 143 cm³/mol. The number of piperazine rings is 1. The number of fused-ring (bicyclic) bond motifs is 1. The number of ether oxygens (including phenoxy) is 1. The molecule has 2 aliphatic heterocycles. The van der Waals surface area contributed by atoms with Crippen LogP contribution < -0.4 is 10.1 Å². The summed E-state index contributed by atoms with van der Waals surface area (Å²) in [6.07, 6.45) is 1.48. The third-order valence-corrected chi connectivity index (χ3v) is 7.88. The summed E-state index contributed by atoms with van der Waals surface area (Å²) in [5.41, 5.74) is 0.782. The zero-order chi connectivity index (χ0) is 29.5. The van der Waals surface area contributed by atoms with Gasteiger partial charge in [-0.15, -0.1) is 0 Å². The fraction of sp³-hybridized carbons (Fsp3) is 0.571. The number of hydrogen-bond donors (Lipinski definition) is 1. The van der Waals surface area contributed by atoms with Crippen molar-refractivity contribution in [2.45, 2.75) is 24.8 Å². The van der Waals surface area contributed by atoms with Crippen molar-refractivity contribution >= 4 is 22.7 Å². The second-order valence-corrected chi connectivity index (χ2v) is 10.6. The van der Waals surface area contributed by atoms with Gasteiger partial charge in [0.25, 0.3) is 11.8 Å². The molecule has 2 fully saturated rings. The second-order valence-electron chi connectivity index (χ2n) is 10.6. The summed E-state index contributed by atoms with van der Waals surface area (Å²) in [4.78, 5) is 32.7. The van der Waals surface area contributed by atoms with E-state index in [2.05, 4.69) is 15.2 Å². The maximum absolute atomic E-state index is 13.7. The number of alkyl halides is 4. The number of hydrogen-bond acceptors (Lipinski definition) is 6. The highest BCUT2D eigenvalue weighted by Crippen LogP contribution is 2.31. The van der Waals surface area contributed by atoms with Crippen LogP contribution in [0.2, 0.25) is 0 Å². The number of amides is 2. The highest BCUT2D eigenvalue weighted by molar-refractivity contribution is 6.07. The summed E-state index contributed by atoms with van der Waals surface area (Å²) in [6, 6.07) is 7.12. The number of nitrogens with one attached hydrogen (secondary N) is 1. The first-order valence-electron chi connectivity index (χ1n) is 13.8. The predicted octanol–water partition coefficient (Wildman–Crippen LogP) is 2.56. The standard InChI is InChI=1S/C28H34F4N6O3/c29-5-11-38(12-6-30)13-9-36(10-14-38)8-1-15-41-22-2-3-25-24(16-22)23(4-7-34-25)27(40)35-19-26(39)37-20-28(31,32)17-21(37)18-33/h2-4,7,16,21H,1,5-6,8-15,17,19-20H2/p+1/t21-/m0/s1. The van der Waals surface area contributed by atoms with Crippen molar-refractivity contribution in [2.75, 3.05) is 78.9 Å². The summed E-state index contributed by atoms with van der Waals surface area (Å²) in [5, 5.41) is 12.1. The first-order valence-corrected chi connectivity index (χ1v) is 13.8. The van der Waals surface area contributed by atoms with Crippen LogP contribution >= 0.6 is 0 Å². The number of aromatic nitrogens is 1. The van der Waals surface area contributed by atoms with Gasteiger partial charge in [0.1, 0.15) is 38.2 Å². The zero-order valence-corrected chi connectivity index (χ0v) is 22.8. The van der Waals surface area contributed by atoms with Gasteiger partial charge in [-0.3, -0.25) is 19.5 Å². The number of nitriles is 1. The van der Waals surface area contributed by atoms with Gasteiger partial charge >= 0.3 is 0 Å². The molecule has 0 radical (unpaired) electrons. The third-order valence-electron chi connectivity index (χ3n) is 7.88. The molecule has 1 atom stereocenters. The van der Waals surface area contributed by atoms with Gasteiger partial charge in [0.15, 0.2) is 0 Å². The zero-order valence-electron chi connectivity index (χ0n) is 22.8. The SMILES string of the molecule is N#C[C@@H]1CC(F)(F)CN1C(=O)CNC(=O)c1ccnc2ccc(OCCCN3CC[N+](CCF)(CCF)CC3)cc12. The van der Waals surface area contributed by atoms with Crippen molar-refractivity contribution in [1.29, 1.82) is 5.26 Å². The molecule has 0 saturated carbocycles. The van der Waals surface area contributed by atoms with Crippen LogP contribution in [-0.4, -0.2) is 122 Å². The highest BCUT2D eigenvalue weighted by atomic mass is 19.3. The number of likely N-dealkylation sites (tertiary alicyclic amines) is 1. The monoisotopic (exact) mass is 579 g/mol. The summed E-state index contributed by atoms with van der Waals surface area (Å²) < 4.78 is 59.7. The van der Waals surface area contributed by atoms with Crippen LogP contribution in [0.5, 0.6) is 5.75 Å². The molecule has 1 aromatic heterocycles. The molecule has 0 bridgehead atoms. The maximum Gasteiger partial charge on any atom is 0.268 e. The van der Waals surface area contributed by atoms with E-state index in [0.717, 1.165) is 44.0 Å². The average Bonchev–Trinajstić information content (AvgIpc) is 3.29. The van der Waals surface area contributed by atoms with Crippen molar-refractivity contribution in [3.63, 3.8) is 0 Å². The molecule has 0 unspecified atom stereocenters. The van der Waals surface area contributed by atoms with E-state index in [1.54, 1.807) is 24.3 Å². The normalized spacial score (nSPS) is 20.1. The summed E-state index contributed by atoms with van der Waals surface area (Å²) in [5.74, 6) is -3.94. The third kappa shape index (κ3) is 7.62. The van der Waals surface area contributed by atoms with Crippen molar-refractivity contribution in [2.24, 2.45) is 0 Å². The first-order chi connectivity index (χ1) is 19.7. The van der Waals surface area contributed by atoms with E-state index in [0.29, 0.717) is 40.8 Å². The Morgan fingerprint density at radius 2 is 1.90 bits per heavy atom. The molecule has 9 nitrogen and oxygen atoms in total. The van der Waals surface area contributed by atoms with E-state index >= 15 is 0 Å². The van der Waals surface area contributed by atoms with Gasteiger partial charge in [-0.05, 0) is 30.7 Å². The minimum Gasteiger partial charge on any atom is -0.494 e. The van der Waals surface area contributed by atoms with E-state index in [-0.39, 0.29) is 5.56 Å². The second kappa shape index (κ2) is 13.4. The van der Waals surface area contributed by atoms with Gasteiger partial charge in [0.05, 0.1) is 49.9 Å². The molecule has 1 N–H and O–H groups in total. The Bertz CT molecular complexity index is 1260. The number of quaternary nitrogens is 1. The Balaban J connectivity index is 1.29. The van der Waals surface area contributed by atoms with Gasteiger partial charge in [-0.1, -0.05) is 0 Å². The molecule has 4 rings (SSSR count). The Hall–Kier alpha value is -3.50. The Kier molecular flexibility index (Phi) is 9.99. The number of nitrogens with zero attached hydrogens (tertiary/aromatic N) is 5. The highest BCUT2D eigenvalue weighted by Gasteiger charge is 2.47. The van der Waals surface area contributed by atoms with Crippen LogP contribution in [0.25, 0.3) is 10.9 Å². The number of rotatable bonds is 12. The molecule has 0 spiro atoms. The van der Waals surface area contributed by atoms with Crippen molar-refractivity contribution in [1.82, 2.24) is 20.1 Å². The summed E-state index contributed by atoms with van der Waals surface area (Å²) in [7, 11) is 0. The molecule has 2 aromatic rings. The van der Waals surface area contributed by atoms with Gasteiger partial charge in [0, 0.05) is 37.6 Å². The lowest BCUT2D eigenvalue weighted by Gasteiger charge is -2.44. The Labute approximate surface area is 236 Å². The Morgan fingerprint density at radius 1 is 1.17 bits per heavy atom. The molecule has 41 heavy (non-hydrogen) atoms. The summed E-state index contributed by atoms with van der Waals surface area (Å²) in [6.45, 7) is 2.67. The number of benzene rings is 1. The van der Waals surface area contributed by atoms with E-state index in [1.807, 2.05) is 0 Å². The number of pyridine rings is 1. The van der Waals surface area contributed by atoms with E-state index in [1.165, 1.54) is 12.3 Å². The maximum atomic E-state index is 13.7. The van der Waals surface area contributed by atoms with E-state index in [9.17, 15) is 27.2 Å². The molecule has 3 heterocycles. The van der Waals surface area contributed by atoms with Crippen LogP contribution in [-0.2, 0) is 4.79 Å². The fourth-order valence-corrected chi connectivity index (χ4v) is 5.51. The summed E-state index contributed by atoms with van der Waals surface area (Å²) >= 11 is 0. The lowest BCUT2D eigenvalue weighted by atomic mass is 10.1. The lowest BCUT2D eigenvalue weighted by molar-refractivity contribution is -0.931. The van der Waals surface area contributed by atoms with Crippen LogP contribution in [0.3, 0.4) is 0 Å². The smallest absolute Gasteiger partial charge is 0.268 e. The molecule has 13 heteroatoms. The molecule has 222 valence electrons. The van der Waals surface area contributed by atoms with Gasteiger partial charge < -0.3 is 19.4 Å². The van der Waals surface area contributed by atoms with Gasteiger partial charge in [0.2, 0.25) is 5.91 Å². The topological polar surface area (TPSA) is 98.6 Å². The van der Waals surface area contributed by atoms with Crippen molar-refractivity contribution < 1.29 is 36.4 Å². The largest absolute Gasteiger partial charge is 0.494 e. The first kappa shape index (κ1) is 30.5. The molecular formula is C28H35F4N6O3+. The molecule has 2 aliphatic rings. The van der Waals surface area contributed by atoms with Crippen molar-refractivity contribution in [3.8, 4) is 11.8 Å². The Morgan fingerprint density at radius 3 is 2.59 bits per heavy atom. The molecule has 1 aromatic carbocycles. The molecule has 2 amide bonds. The van der Waals surface area contributed by atoms with Gasteiger partial charge in [-0.25, -0.2) is 17.6 Å². The van der Waals surface area contributed by atoms with Crippen LogP contribution in [0, 0.1) is 11.3 Å².